The van der Waals surface area contributed by atoms with Crippen molar-refractivity contribution in [1.29, 1.82) is 0 Å². The van der Waals surface area contributed by atoms with Crippen LogP contribution in [-0.2, 0) is 20.8 Å². The number of Topliss-reactive ketones (excluding diaryl/α,β-unsaturated/α-hetero) is 1. The highest BCUT2D eigenvalue weighted by Gasteiger charge is 2.52. The van der Waals surface area contributed by atoms with Gasteiger partial charge < -0.3 is 24.3 Å². The van der Waals surface area contributed by atoms with Gasteiger partial charge in [0, 0.05) is 29.9 Å². The molecule has 0 spiro atoms. The summed E-state index contributed by atoms with van der Waals surface area (Å²) in [6.45, 7) is 5.98. The number of pyridine rings is 1. The van der Waals surface area contributed by atoms with Gasteiger partial charge in [-0.05, 0) is 43.4 Å². The molecule has 0 aliphatic carbocycles. The predicted molar refractivity (Wildman–Crippen MR) is 142 cm³/mol. The Hall–Kier alpha value is -4.21. The molecule has 2 fully saturated rings. The first-order valence-corrected chi connectivity index (χ1v) is 13.2. The van der Waals surface area contributed by atoms with Crippen molar-refractivity contribution in [3.63, 3.8) is 0 Å². The van der Waals surface area contributed by atoms with Crippen LogP contribution in [0.4, 0.5) is 4.79 Å². The Morgan fingerprint density at radius 1 is 1.15 bits per heavy atom. The number of ketones is 1. The third kappa shape index (κ3) is 5.36. The lowest BCUT2D eigenvalue weighted by molar-refractivity contribution is -0.138. The number of fused-ring (bicyclic) bond motifs is 2. The quantitative estimate of drug-likeness (QED) is 0.496. The molecule has 39 heavy (non-hydrogen) atoms. The Morgan fingerprint density at radius 3 is 2.67 bits per heavy atom. The fraction of sp³-hybridized carbons (Fsp3) is 0.414. The van der Waals surface area contributed by atoms with Crippen molar-refractivity contribution in [3.05, 3.63) is 59.9 Å². The molecule has 2 aliphatic rings. The van der Waals surface area contributed by atoms with Crippen LogP contribution in [0.2, 0.25) is 0 Å². The number of benzene rings is 1. The molecule has 2 aliphatic heterocycles. The van der Waals surface area contributed by atoms with E-state index in [-0.39, 0.29) is 48.5 Å². The van der Waals surface area contributed by atoms with E-state index in [1.807, 2.05) is 38.1 Å². The molecule has 4 heterocycles. The topological polar surface area (TPSA) is 122 Å². The molecule has 3 atom stereocenters. The SMILES string of the molecule is Cc1c(OC(=O)NC(CC(C)C)C(=O)N2CCC3C2C(=O)CN3C(=O)Cc2cccnc2)oc2ccccc12. The maximum absolute atomic E-state index is 13.7. The van der Waals surface area contributed by atoms with Crippen molar-refractivity contribution < 1.29 is 28.3 Å². The Balaban J connectivity index is 1.28. The molecular formula is C29H32N4O6. The summed E-state index contributed by atoms with van der Waals surface area (Å²) in [6.07, 6.45) is 3.46. The number of para-hydroxylation sites is 1. The largest absolute Gasteiger partial charge is 0.425 e. The molecule has 2 aromatic heterocycles. The van der Waals surface area contributed by atoms with Crippen LogP contribution in [0.3, 0.4) is 0 Å². The van der Waals surface area contributed by atoms with Gasteiger partial charge in [0.1, 0.15) is 17.7 Å². The number of aromatic nitrogens is 1. The monoisotopic (exact) mass is 532 g/mol. The number of nitrogens with zero attached hydrogens (tertiary/aromatic N) is 3. The van der Waals surface area contributed by atoms with Crippen LogP contribution in [0.1, 0.15) is 37.8 Å². The summed E-state index contributed by atoms with van der Waals surface area (Å²) in [5, 5.41) is 3.53. The summed E-state index contributed by atoms with van der Waals surface area (Å²) in [5.74, 6) is -0.541. The maximum Gasteiger partial charge on any atom is 0.415 e. The lowest BCUT2D eigenvalue weighted by atomic mass is 10.0. The van der Waals surface area contributed by atoms with Crippen molar-refractivity contribution >= 4 is 34.7 Å². The first-order valence-electron chi connectivity index (χ1n) is 13.2. The summed E-state index contributed by atoms with van der Waals surface area (Å²) in [6, 6.07) is 8.94. The maximum atomic E-state index is 13.7. The van der Waals surface area contributed by atoms with Crippen molar-refractivity contribution in [2.24, 2.45) is 5.92 Å². The van der Waals surface area contributed by atoms with Crippen molar-refractivity contribution in [3.8, 4) is 5.95 Å². The molecule has 10 heteroatoms. The Morgan fingerprint density at radius 2 is 1.95 bits per heavy atom. The van der Waals surface area contributed by atoms with E-state index < -0.39 is 18.2 Å². The molecule has 0 bridgehead atoms. The number of ether oxygens (including phenoxy) is 1. The second-order valence-corrected chi connectivity index (χ2v) is 10.6. The van der Waals surface area contributed by atoms with Crippen LogP contribution in [-0.4, -0.2) is 69.7 Å². The zero-order valence-electron chi connectivity index (χ0n) is 22.3. The van der Waals surface area contributed by atoms with Crippen molar-refractivity contribution in [1.82, 2.24) is 20.1 Å². The molecule has 10 nitrogen and oxygen atoms in total. The number of hydrogen-bond acceptors (Lipinski definition) is 7. The van der Waals surface area contributed by atoms with Gasteiger partial charge in [-0.3, -0.25) is 19.4 Å². The second-order valence-electron chi connectivity index (χ2n) is 10.6. The van der Waals surface area contributed by atoms with Crippen LogP contribution >= 0.6 is 0 Å². The fourth-order valence-corrected chi connectivity index (χ4v) is 5.57. The number of hydrogen-bond donors (Lipinski definition) is 1. The number of carbonyl (C=O) groups excluding carboxylic acids is 4. The normalized spacial score (nSPS) is 19.4. The van der Waals surface area contributed by atoms with E-state index in [2.05, 4.69) is 10.3 Å². The first kappa shape index (κ1) is 26.4. The minimum absolute atomic E-state index is 0.0339. The number of aryl methyl sites for hydroxylation is 1. The molecule has 0 radical (unpaired) electrons. The third-order valence-electron chi connectivity index (χ3n) is 7.39. The number of nitrogens with one attached hydrogen (secondary N) is 1. The Labute approximate surface area is 226 Å². The third-order valence-corrected chi connectivity index (χ3v) is 7.39. The highest BCUT2D eigenvalue weighted by Crippen LogP contribution is 2.32. The van der Waals surface area contributed by atoms with Gasteiger partial charge in [0.25, 0.3) is 5.95 Å². The van der Waals surface area contributed by atoms with Gasteiger partial charge in [-0.1, -0.05) is 38.1 Å². The first-order chi connectivity index (χ1) is 18.7. The molecule has 5 rings (SSSR count). The van der Waals surface area contributed by atoms with E-state index in [9.17, 15) is 19.2 Å². The van der Waals surface area contributed by atoms with Gasteiger partial charge in [-0.25, -0.2) is 4.79 Å². The average molecular weight is 533 g/mol. The van der Waals surface area contributed by atoms with E-state index >= 15 is 0 Å². The molecule has 1 aromatic carbocycles. The van der Waals surface area contributed by atoms with Gasteiger partial charge in [0.2, 0.25) is 11.8 Å². The Bertz CT molecular complexity index is 1400. The smallest absolute Gasteiger partial charge is 0.415 e. The van der Waals surface area contributed by atoms with Crippen molar-refractivity contribution in [2.45, 2.75) is 58.2 Å². The summed E-state index contributed by atoms with van der Waals surface area (Å²) in [5.41, 5.74) is 2.05. The molecule has 3 unspecified atom stereocenters. The van der Waals surface area contributed by atoms with Crippen LogP contribution in [0.5, 0.6) is 5.95 Å². The molecule has 1 N–H and O–H groups in total. The minimum Gasteiger partial charge on any atom is -0.425 e. The number of carbonyl (C=O) groups is 4. The van der Waals surface area contributed by atoms with Gasteiger partial charge >= 0.3 is 6.09 Å². The molecule has 0 saturated carbocycles. The highest BCUT2D eigenvalue weighted by atomic mass is 16.6. The van der Waals surface area contributed by atoms with Gasteiger partial charge in [-0.2, -0.15) is 0 Å². The van der Waals surface area contributed by atoms with Crippen molar-refractivity contribution in [2.75, 3.05) is 13.1 Å². The van der Waals surface area contributed by atoms with Crippen LogP contribution in [0.15, 0.2) is 53.2 Å². The standard InChI is InChI=1S/C29H32N4O6/c1-17(2)13-21(31-29(37)39-28-18(3)20-8-4-5-9-24(20)38-28)27(36)32-12-10-22-26(32)23(34)16-33(22)25(35)14-19-7-6-11-30-15-19/h4-9,11,15,17,21-22,26H,10,12-14,16H2,1-3H3,(H,31,37). The number of amides is 3. The van der Waals surface area contributed by atoms with E-state index in [4.69, 9.17) is 9.15 Å². The lowest BCUT2D eigenvalue weighted by Crippen LogP contribution is -2.53. The van der Waals surface area contributed by atoms with Crippen LogP contribution in [0, 0.1) is 12.8 Å². The number of rotatable bonds is 7. The Kier molecular flexibility index (Phi) is 7.36. The van der Waals surface area contributed by atoms with E-state index in [1.165, 1.54) is 4.90 Å². The minimum atomic E-state index is -0.895. The van der Waals surface area contributed by atoms with E-state index in [1.54, 1.807) is 36.4 Å². The van der Waals surface area contributed by atoms with E-state index in [0.717, 1.165) is 10.9 Å². The number of furan rings is 1. The molecule has 3 aromatic rings. The van der Waals surface area contributed by atoms with E-state index in [0.29, 0.717) is 30.5 Å². The molecular weight excluding hydrogens is 500 g/mol. The zero-order chi connectivity index (χ0) is 27.7. The lowest BCUT2D eigenvalue weighted by Gasteiger charge is -2.28. The van der Waals surface area contributed by atoms with Gasteiger partial charge in [0.05, 0.1) is 19.0 Å². The highest BCUT2D eigenvalue weighted by molar-refractivity contribution is 5.99. The summed E-state index contributed by atoms with van der Waals surface area (Å²) in [7, 11) is 0. The fourth-order valence-electron chi connectivity index (χ4n) is 5.57. The van der Waals surface area contributed by atoms with Gasteiger partial charge in [0.15, 0.2) is 5.78 Å². The summed E-state index contributed by atoms with van der Waals surface area (Å²) < 4.78 is 11.1. The summed E-state index contributed by atoms with van der Waals surface area (Å²) in [4.78, 5) is 59.8. The zero-order valence-corrected chi connectivity index (χ0v) is 22.3. The molecule has 3 amide bonds. The second kappa shape index (κ2) is 10.9. The predicted octanol–water partition coefficient (Wildman–Crippen LogP) is 3.26. The van der Waals surface area contributed by atoms with Gasteiger partial charge in [-0.15, -0.1) is 0 Å². The van der Waals surface area contributed by atoms with Crippen LogP contribution in [0.25, 0.3) is 11.0 Å². The summed E-state index contributed by atoms with van der Waals surface area (Å²) >= 11 is 0. The average Bonchev–Trinajstić information content (AvgIpc) is 3.57. The molecule has 2 saturated heterocycles. The molecule has 204 valence electrons. The van der Waals surface area contributed by atoms with Crippen LogP contribution < -0.4 is 10.1 Å². The number of likely N-dealkylation sites (tertiary alicyclic amines) is 2.